The maximum Gasteiger partial charge on any atom is 0.0474 e. The van der Waals surface area contributed by atoms with Crippen LogP contribution in [0.5, 0.6) is 0 Å². The highest BCUT2D eigenvalue weighted by Crippen LogP contribution is 2.10. The van der Waals surface area contributed by atoms with Crippen molar-refractivity contribution in [2.24, 2.45) is 0 Å². The first kappa shape index (κ1) is 16.0. The Kier molecular flexibility index (Phi) is 7.16. The number of rotatable bonds is 4. The third-order valence-corrected chi connectivity index (χ3v) is 3.11. The van der Waals surface area contributed by atoms with Crippen LogP contribution >= 0.6 is 11.6 Å². The maximum absolute atomic E-state index is 5.60. The van der Waals surface area contributed by atoms with E-state index in [1.165, 1.54) is 0 Å². The second-order valence-corrected chi connectivity index (χ2v) is 4.38. The van der Waals surface area contributed by atoms with E-state index in [1.54, 1.807) is 0 Å². The Hall–Kier alpha value is -2.05. The van der Waals surface area contributed by atoms with Crippen molar-refractivity contribution in [3.8, 4) is 0 Å². The second-order valence-electron chi connectivity index (χ2n) is 4.12. The summed E-state index contributed by atoms with van der Waals surface area (Å²) in [6.07, 6.45) is 5.48. The predicted molar refractivity (Wildman–Crippen MR) is 92.7 cm³/mol. The van der Waals surface area contributed by atoms with Crippen LogP contribution in [-0.4, -0.2) is 0 Å². The normalized spacial score (nSPS) is 9.05. The predicted octanol–water partition coefficient (Wildman–Crippen LogP) is 6.04. The molecule has 0 aliphatic rings. The molecule has 0 aliphatic carbocycles. The van der Waals surface area contributed by atoms with Crippen molar-refractivity contribution < 1.29 is 0 Å². The van der Waals surface area contributed by atoms with Gasteiger partial charge in [0.25, 0.3) is 0 Å². The van der Waals surface area contributed by atoms with Gasteiger partial charge in [-0.1, -0.05) is 86.5 Å². The van der Waals surface area contributed by atoms with Crippen molar-refractivity contribution in [1.82, 2.24) is 0 Å². The fourth-order valence-corrected chi connectivity index (χ4v) is 1.80. The summed E-state index contributed by atoms with van der Waals surface area (Å²) in [7, 11) is 0. The quantitative estimate of drug-likeness (QED) is 0.600. The molecule has 2 aromatic rings. The molecule has 0 aliphatic heterocycles. The van der Waals surface area contributed by atoms with Crippen molar-refractivity contribution in [2.45, 2.75) is 5.88 Å². The molecule has 0 radical (unpaired) electrons. The van der Waals surface area contributed by atoms with Crippen molar-refractivity contribution >= 4 is 29.8 Å². The van der Waals surface area contributed by atoms with Crippen LogP contribution in [0.2, 0.25) is 0 Å². The first-order valence-corrected chi connectivity index (χ1v) is 6.89. The Morgan fingerprint density at radius 3 is 1.60 bits per heavy atom. The van der Waals surface area contributed by atoms with Crippen LogP contribution in [0, 0.1) is 0 Å². The summed E-state index contributed by atoms with van der Waals surface area (Å²) in [4.78, 5) is 0. The summed E-state index contributed by atoms with van der Waals surface area (Å²) in [6.45, 7) is 11.0. The minimum atomic E-state index is 0.581. The van der Waals surface area contributed by atoms with Crippen LogP contribution in [0.4, 0.5) is 0 Å². The first-order chi connectivity index (χ1) is 9.74. The van der Waals surface area contributed by atoms with E-state index in [4.69, 9.17) is 11.6 Å². The van der Waals surface area contributed by atoms with Crippen LogP contribution in [-0.2, 0) is 5.88 Å². The van der Waals surface area contributed by atoms with Crippen LogP contribution in [0.25, 0.3) is 18.2 Å². The minimum Gasteiger partial charge on any atom is -0.122 e. The molecule has 102 valence electrons. The van der Waals surface area contributed by atoms with Gasteiger partial charge in [0.1, 0.15) is 0 Å². The molecule has 0 saturated heterocycles. The van der Waals surface area contributed by atoms with Crippen LogP contribution in [0.15, 0.2) is 68.3 Å². The zero-order chi connectivity index (χ0) is 14.8. The standard InChI is InChI=1S/C10H10.C9H9Cl/c1-3-9-7-5-6-8-10(9)4-2;1-2-8-3-5-9(7-10)6-4-8/h3-8H,1-2H2;2-6H,1,7H2. The van der Waals surface area contributed by atoms with E-state index in [2.05, 4.69) is 19.7 Å². The van der Waals surface area contributed by atoms with Gasteiger partial charge in [-0.05, 0) is 22.3 Å². The molecule has 0 fully saturated rings. The van der Waals surface area contributed by atoms with Crippen molar-refractivity contribution in [3.63, 3.8) is 0 Å². The summed E-state index contributed by atoms with van der Waals surface area (Å²) in [6, 6.07) is 16.0. The Morgan fingerprint density at radius 1 is 0.750 bits per heavy atom. The monoisotopic (exact) mass is 282 g/mol. The summed E-state index contributed by atoms with van der Waals surface area (Å²) >= 11 is 5.60. The molecule has 0 N–H and O–H groups in total. The zero-order valence-corrected chi connectivity index (χ0v) is 12.3. The molecule has 2 rings (SSSR count). The molecule has 20 heavy (non-hydrogen) atoms. The summed E-state index contributed by atoms with van der Waals surface area (Å²) < 4.78 is 0. The van der Waals surface area contributed by atoms with Gasteiger partial charge in [0, 0.05) is 5.88 Å². The second kappa shape index (κ2) is 8.95. The Balaban J connectivity index is 0.000000200. The Labute approximate surface area is 126 Å². The average molecular weight is 283 g/mol. The van der Waals surface area contributed by atoms with Gasteiger partial charge < -0.3 is 0 Å². The topological polar surface area (TPSA) is 0 Å². The van der Waals surface area contributed by atoms with E-state index in [9.17, 15) is 0 Å². The van der Waals surface area contributed by atoms with E-state index in [1.807, 2.05) is 66.8 Å². The first-order valence-electron chi connectivity index (χ1n) is 6.36. The molecule has 0 amide bonds. The Morgan fingerprint density at radius 2 is 1.25 bits per heavy atom. The molecule has 1 heteroatoms. The molecular weight excluding hydrogens is 264 g/mol. The molecule has 0 aromatic heterocycles. The van der Waals surface area contributed by atoms with E-state index < -0.39 is 0 Å². The average Bonchev–Trinajstić information content (AvgIpc) is 2.55. The smallest absolute Gasteiger partial charge is 0.0474 e. The summed E-state index contributed by atoms with van der Waals surface area (Å²) in [5, 5.41) is 0. The molecule has 0 atom stereocenters. The van der Waals surface area contributed by atoms with Gasteiger partial charge in [-0.2, -0.15) is 0 Å². The van der Waals surface area contributed by atoms with Crippen LogP contribution < -0.4 is 0 Å². The largest absolute Gasteiger partial charge is 0.122 e. The van der Waals surface area contributed by atoms with Gasteiger partial charge in [0.15, 0.2) is 0 Å². The SMILES string of the molecule is C=Cc1ccc(CCl)cc1.C=Cc1ccccc1C=C. The number of hydrogen-bond donors (Lipinski definition) is 0. The van der Waals surface area contributed by atoms with E-state index in [-0.39, 0.29) is 0 Å². The fraction of sp³-hybridized carbons (Fsp3) is 0.0526. The number of benzene rings is 2. The molecule has 0 unspecified atom stereocenters. The van der Waals surface area contributed by atoms with Crippen LogP contribution in [0.3, 0.4) is 0 Å². The third kappa shape index (κ3) is 4.91. The summed E-state index contributed by atoms with van der Waals surface area (Å²) in [5.74, 6) is 0.581. The number of hydrogen-bond acceptors (Lipinski definition) is 0. The van der Waals surface area contributed by atoms with E-state index in [0.717, 1.165) is 22.3 Å². The van der Waals surface area contributed by atoms with Gasteiger partial charge in [0.05, 0.1) is 0 Å². The summed E-state index contributed by atoms with van der Waals surface area (Å²) in [5.41, 5.74) is 4.55. The molecule has 0 spiro atoms. The van der Waals surface area contributed by atoms with Crippen molar-refractivity contribution in [2.75, 3.05) is 0 Å². The van der Waals surface area contributed by atoms with Gasteiger partial charge in [-0.15, -0.1) is 11.6 Å². The lowest BCUT2D eigenvalue weighted by molar-refractivity contribution is 1.40. The fourth-order valence-electron chi connectivity index (χ4n) is 1.63. The molecule has 0 bridgehead atoms. The number of alkyl halides is 1. The van der Waals surface area contributed by atoms with Gasteiger partial charge in [-0.25, -0.2) is 0 Å². The maximum atomic E-state index is 5.60. The van der Waals surface area contributed by atoms with Gasteiger partial charge in [-0.3, -0.25) is 0 Å². The number of halogens is 1. The lowest BCUT2D eigenvalue weighted by Crippen LogP contribution is -1.76. The molecule has 0 saturated carbocycles. The molecule has 0 heterocycles. The third-order valence-electron chi connectivity index (χ3n) is 2.81. The highest BCUT2D eigenvalue weighted by molar-refractivity contribution is 6.17. The lowest BCUT2D eigenvalue weighted by atomic mass is 10.1. The van der Waals surface area contributed by atoms with Gasteiger partial charge >= 0.3 is 0 Å². The molecular formula is C19H19Cl. The zero-order valence-electron chi connectivity index (χ0n) is 11.6. The molecule has 2 aromatic carbocycles. The van der Waals surface area contributed by atoms with Crippen LogP contribution in [0.1, 0.15) is 22.3 Å². The highest BCUT2D eigenvalue weighted by Gasteiger charge is 1.89. The van der Waals surface area contributed by atoms with E-state index >= 15 is 0 Å². The minimum absolute atomic E-state index is 0.581. The highest BCUT2D eigenvalue weighted by atomic mass is 35.5. The lowest BCUT2D eigenvalue weighted by Gasteiger charge is -1.96. The van der Waals surface area contributed by atoms with E-state index in [0.29, 0.717) is 5.88 Å². The molecule has 0 nitrogen and oxygen atoms in total. The van der Waals surface area contributed by atoms with Crippen molar-refractivity contribution in [1.29, 1.82) is 0 Å². The Bertz CT molecular complexity index is 538. The van der Waals surface area contributed by atoms with Gasteiger partial charge in [0.2, 0.25) is 0 Å². The van der Waals surface area contributed by atoms with Crippen molar-refractivity contribution in [3.05, 3.63) is 90.5 Å².